The molecule has 3 N–H and O–H groups in total. The maximum absolute atomic E-state index is 10.8. The lowest BCUT2D eigenvalue weighted by Gasteiger charge is -2.15. The quantitative estimate of drug-likeness (QED) is 0.396. The van der Waals surface area contributed by atoms with Gasteiger partial charge in [-0.3, -0.25) is 4.99 Å². The van der Waals surface area contributed by atoms with E-state index in [1.807, 2.05) is 0 Å². The molecule has 0 bridgehead atoms. The summed E-state index contributed by atoms with van der Waals surface area (Å²) in [6.45, 7) is 2.70. The zero-order valence-corrected chi connectivity index (χ0v) is 10.3. The largest absolute Gasteiger partial charge is 0.348 e. The number of aliphatic imine (C=N–C) groups is 1. The third-order valence-corrected chi connectivity index (χ3v) is 2.15. The molecule has 15 heavy (non-hydrogen) atoms. The standard InChI is InChI=1S/C8H20N4O2S/c1-4-5-6-7-10-8(12(2)3)11-15(9,13)14/h4-7H2,1-3H3,(H,10,11)(H2,9,13,14). The van der Waals surface area contributed by atoms with Crippen LogP contribution in [0.2, 0.25) is 0 Å². The highest BCUT2D eigenvalue weighted by atomic mass is 32.2. The summed E-state index contributed by atoms with van der Waals surface area (Å²) in [5.41, 5.74) is 0. The van der Waals surface area contributed by atoms with Crippen molar-refractivity contribution in [3.8, 4) is 0 Å². The van der Waals surface area contributed by atoms with Crippen molar-refractivity contribution in [1.82, 2.24) is 9.62 Å². The lowest BCUT2D eigenvalue weighted by atomic mass is 10.2. The summed E-state index contributed by atoms with van der Waals surface area (Å²) >= 11 is 0. The van der Waals surface area contributed by atoms with Crippen molar-refractivity contribution in [2.45, 2.75) is 26.2 Å². The Bertz CT molecular complexity index is 298. The lowest BCUT2D eigenvalue weighted by molar-refractivity contribution is 0.571. The van der Waals surface area contributed by atoms with Gasteiger partial charge in [-0.05, 0) is 6.42 Å². The molecule has 6 nitrogen and oxygen atoms in total. The maximum Gasteiger partial charge on any atom is 0.298 e. The van der Waals surface area contributed by atoms with Crippen LogP contribution in [0.15, 0.2) is 4.99 Å². The number of nitrogens with two attached hydrogens (primary N) is 1. The van der Waals surface area contributed by atoms with Gasteiger partial charge in [-0.2, -0.15) is 8.42 Å². The number of unbranched alkanes of at least 4 members (excludes halogenated alkanes) is 2. The number of nitrogens with one attached hydrogen (secondary N) is 1. The highest BCUT2D eigenvalue weighted by Crippen LogP contribution is 1.94. The first-order chi connectivity index (χ1) is 6.87. The zero-order chi connectivity index (χ0) is 11.9. The molecule has 0 aromatic carbocycles. The molecule has 0 aromatic rings. The van der Waals surface area contributed by atoms with E-state index in [1.54, 1.807) is 19.0 Å². The molecule has 0 fully saturated rings. The molecule has 0 saturated heterocycles. The van der Waals surface area contributed by atoms with Gasteiger partial charge < -0.3 is 4.90 Å². The molecule has 0 rings (SSSR count). The average Bonchev–Trinajstić information content (AvgIpc) is 2.08. The van der Waals surface area contributed by atoms with Gasteiger partial charge in [0.1, 0.15) is 0 Å². The van der Waals surface area contributed by atoms with Crippen LogP contribution in [-0.4, -0.2) is 39.9 Å². The third-order valence-electron chi connectivity index (χ3n) is 1.68. The second-order valence-corrected chi connectivity index (χ2v) is 4.75. The van der Waals surface area contributed by atoms with Crippen LogP contribution in [0, 0.1) is 0 Å². The molecule has 0 unspecified atom stereocenters. The molecule has 90 valence electrons. The molecule has 0 aliphatic heterocycles. The van der Waals surface area contributed by atoms with Gasteiger partial charge in [-0.25, -0.2) is 9.86 Å². The second kappa shape index (κ2) is 6.62. The van der Waals surface area contributed by atoms with Crippen LogP contribution in [0.5, 0.6) is 0 Å². The molecular formula is C8H20N4O2S. The van der Waals surface area contributed by atoms with Gasteiger partial charge in [0.2, 0.25) is 5.96 Å². The fraction of sp³-hybridized carbons (Fsp3) is 0.875. The van der Waals surface area contributed by atoms with E-state index >= 15 is 0 Å². The smallest absolute Gasteiger partial charge is 0.298 e. The summed E-state index contributed by atoms with van der Waals surface area (Å²) in [6.07, 6.45) is 3.13. The van der Waals surface area contributed by atoms with E-state index in [-0.39, 0.29) is 5.96 Å². The molecule has 0 amide bonds. The van der Waals surface area contributed by atoms with Crippen molar-refractivity contribution in [3.63, 3.8) is 0 Å². The SMILES string of the molecule is CCCCCN=C(NS(N)(=O)=O)N(C)C. The van der Waals surface area contributed by atoms with E-state index < -0.39 is 10.2 Å². The first-order valence-corrected chi connectivity index (χ1v) is 6.43. The van der Waals surface area contributed by atoms with E-state index in [9.17, 15) is 8.42 Å². The van der Waals surface area contributed by atoms with Gasteiger partial charge in [0.25, 0.3) is 10.2 Å². The van der Waals surface area contributed by atoms with Gasteiger partial charge in [-0.1, -0.05) is 19.8 Å². The van der Waals surface area contributed by atoms with Crippen LogP contribution in [0.25, 0.3) is 0 Å². The Labute approximate surface area is 91.7 Å². The first-order valence-electron chi connectivity index (χ1n) is 4.89. The van der Waals surface area contributed by atoms with Crippen LogP contribution < -0.4 is 9.86 Å². The molecule has 0 spiro atoms. The van der Waals surface area contributed by atoms with Gasteiger partial charge in [-0.15, -0.1) is 0 Å². The van der Waals surface area contributed by atoms with Gasteiger partial charge in [0.05, 0.1) is 0 Å². The first kappa shape index (κ1) is 14.2. The normalized spacial score (nSPS) is 12.7. The monoisotopic (exact) mass is 236 g/mol. The highest BCUT2D eigenvalue weighted by molar-refractivity contribution is 7.87. The van der Waals surface area contributed by atoms with Gasteiger partial charge >= 0.3 is 0 Å². The number of hydrogen-bond donors (Lipinski definition) is 2. The minimum atomic E-state index is -3.73. The Balaban J connectivity index is 4.27. The van der Waals surface area contributed by atoms with Crippen LogP contribution in [0.3, 0.4) is 0 Å². The van der Waals surface area contributed by atoms with E-state index in [0.717, 1.165) is 19.3 Å². The number of guanidine groups is 1. The second-order valence-electron chi connectivity index (χ2n) is 3.45. The summed E-state index contributed by atoms with van der Waals surface area (Å²) < 4.78 is 23.7. The Hall–Kier alpha value is -0.820. The van der Waals surface area contributed by atoms with Crippen LogP contribution in [0.4, 0.5) is 0 Å². The predicted octanol–water partition coefficient (Wildman–Crippen LogP) is -0.113. The summed E-state index contributed by atoms with van der Waals surface area (Å²) in [5, 5.41) is 4.86. The Kier molecular flexibility index (Phi) is 6.26. The molecule has 7 heteroatoms. The fourth-order valence-electron chi connectivity index (χ4n) is 0.939. The average molecular weight is 236 g/mol. The fourth-order valence-corrected chi connectivity index (χ4v) is 1.44. The summed E-state index contributed by atoms with van der Waals surface area (Å²) in [4.78, 5) is 5.70. The molecule has 0 aliphatic rings. The van der Waals surface area contributed by atoms with E-state index in [1.165, 1.54) is 0 Å². The van der Waals surface area contributed by atoms with Gasteiger partial charge in [0.15, 0.2) is 0 Å². The summed E-state index contributed by atoms with van der Waals surface area (Å²) in [7, 11) is -0.323. The van der Waals surface area contributed by atoms with Crippen molar-refractivity contribution in [2.75, 3.05) is 20.6 Å². The molecule has 0 atom stereocenters. The third kappa shape index (κ3) is 8.19. The molecule has 0 heterocycles. The van der Waals surface area contributed by atoms with Crippen molar-refractivity contribution < 1.29 is 8.42 Å². The molecule has 0 saturated carbocycles. The van der Waals surface area contributed by atoms with Crippen molar-refractivity contribution in [1.29, 1.82) is 0 Å². The number of nitrogens with zero attached hydrogens (tertiary/aromatic N) is 2. The molecule has 0 radical (unpaired) electrons. The number of hydrogen-bond acceptors (Lipinski definition) is 3. The molecule has 0 aliphatic carbocycles. The Morgan fingerprint density at radius 2 is 2.00 bits per heavy atom. The Morgan fingerprint density at radius 3 is 2.40 bits per heavy atom. The molecule has 0 aromatic heterocycles. The van der Waals surface area contributed by atoms with Crippen molar-refractivity contribution in [3.05, 3.63) is 0 Å². The lowest BCUT2D eigenvalue weighted by Crippen LogP contribution is -2.43. The minimum Gasteiger partial charge on any atom is -0.348 e. The maximum atomic E-state index is 10.8. The molecular weight excluding hydrogens is 216 g/mol. The Morgan fingerprint density at radius 1 is 1.40 bits per heavy atom. The summed E-state index contributed by atoms with van der Waals surface area (Å²) in [5.74, 6) is 0.272. The van der Waals surface area contributed by atoms with Crippen molar-refractivity contribution in [2.24, 2.45) is 10.1 Å². The van der Waals surface area contributed by atoms with Gasteiger partial charge in [0, 0.05) is 20.6 Å². The number of rotatable bonds is 5. The zero-order valence-electron chi connectivity index (χ0n) is 9.52. The topological polar surface area (TPSA) is 87.8 Å². The van der Waals surface area contributed by atoms with E-state index in [4.69, 9.17) is 5.14 Å². The van der Waals surface area contributed by atoms with Crippen LogP contribution >= 0.6 is 0 Å². The van der Waals surface area contributed by atoms with Crippen LogP contribution in [0.1, 0.15) is 26.2 Å². The van der Waals surface area contributed by atoms with Crippen molar-refractivity contribution >= 4 is 16.2 Å². The minimum absolute atomic E-state index is 0.272. The summed E-state index contributed by atoms with van der Waals surface area (Å²) in [6, 6.07) is 0. The predicted molar refractivity (Wildman–Crippen MR) is 61.8 cm³/mol. The highest BCUT2D eigenvalue weighted by Gasteiger charge is 2.07. The van der Waals surface area contributed by atoms with E-state index in [0.29, 0.717) is 6.54 Å². The van der Waals surface area contributed by atoms with Crippen LogP contribution in [-0.2, 0) is 10.2 Å². The van der Waals surface area contributed by atoms with E-state index in [2.05, 4.69) is 16.6 Å².